The van der Waals surface area contributed by atoms with E-state index in [1.165, 1.54) is 11.8 Å². The molecule has 0 radical (unpaired) electrons. The van der Waals surface area contributed by atoms with Crippen LogP contribution in [-0.4, -0.2) is 18.0 Å². The summed E-state index contributed by atoms with van der Waals surface area (Å²) in [5, 5.41) is 10.4. The summed E-state index contributed by atoms with van der Waals surface area (Å²) in [5.41, 5.74) is 0.344. The van der Waals surface area contributed by atoms with Crippen molar-refractivity contribution in [1.82, 2.24) is 0 Å². The molecule has 12 heavy (non-hydrogen) atoms. The monoisotopic (exact) mass is 185 g/mol. The molecular weight excluding hydrogens is 170 g/mol. The van der Waals surface area contributed by atoms with Crippen LogP contribution in [0.15, 0.2) is 0 Å². The van der Waals surface area contributed by atoms with Crippen LogP contribution in [0.1, 0.15) is 27.2 Å². The Balaban J connectivity index is 2.13. The molecule has 2 atom stereocenters. The van der Waals surface area contributed by atoms with Crippen LogP contribution in [0.5, 0.6) is 0 Å². The minimum atomic E-state index is 0.342. The lowest BCUT2D eigenvalue weighted by molar-refractivity contribution is 0.295. The average Bonchev–Trinajstić information content (AvgIpc) is 2.60. The van der Waals surface area contributed by atoms with Gasteiger partial charge in [0.25, 0.3) is 0 Å². The Morgan fingerprint density at radius 1 is 1.42 bits per heavy atom. The summed E-state index contributed by atoms with van der Waals surface area (Å²) >= 11 is 1.29. The molecule has 1 rings (SSSR count). The topological polar surface area (TPSA) is 36.3 Å². The third-order valence-corrected chi connectivity index (χ3v) is 2.44. The zero-order valence-electron chi connectivity index (χ0n) is 7.83. The van der Waals surface area contributed by atoms with Crippen LogP contribution in [-0.2, 0) is 4.74 Å². The first-order valence-corrected chi connectivity index (χ1v) is 5.18. The van der Waals surface area contributed by atoms with Crippen LogP contribution >= 0.6 is 11.8 Å². The van der Waals surface area contributed by atoms with Gasteiger partial charge >= 0.3 is 0 Å². The zero-order valence-corrected chi connectivity index (χ0v) is 8.65. The summed E-state index contributed by atoms with van der Waals surface area (Å²) in [6.07, 6.45) is 1.85. The van der Waals surface area contributed by atoms with Crippen molar-refractivity contribution in [2.24, 2.45) is 5.41 Å². The highest BCUT2D eigenvalue weighted by Crippen LogP contribution is 2.35. The van der Waals surface area contributed by atoms with Gasteiger partial charge in [-0.15, -0.1) is 0 Å². The lowest BCUT2D eigenvalue weighted by Crippen LogP contribution is -2.10. The molecule has 0 N–H and O–H groups in total. The summed E-state index contributed by atoms with van der Waals surface area (Å²) in [5.74, 6) is 0.831. The first-order valence-electron chi connectivity index (χ1n) is 4.19. The first-order chi connectivity index (χ1) is 5.53. The number of ether oxygens (including phenoxy) is 1. The zero-order chi connectivity index (χ0) is 9.19. The minimum absolute atomic E-state index is 0.342. The fraction of sp³-hybridized carbons (Fsp3) is 0.889. The number of thiocyanates is 1. The Labute approximate surface area is 78.3 Å². The molecule has 0 aromatic heterocycles. The smallest absolute Gasteiger partial charge is 0.133 e. The van der Waals surface area contributed by atoms with Crippen molar-refractivity contribution in [2.75, 3.05) is 5.75 Å². The maximum absolute atomic E-state index is 8.32. The van der Waals surface area contributed by atoms with Crippen LogP contribution in [0.25, 0.3) is 0 Å². The second kappa shape index (κ2) is 3.68. The van der Waals surface area contributed by atoms with E-state index < -0.39 is 0 Å². The van der Waals surface area contributed by atoms with Crippen LogP contribution in [0.4, 0.5) is 0 Å². The quantitative estimate of drug-likeness (QED) is 0.500. The summed E-state index contributed by atoms with van der Waals surface area (Å²) < 4.78 is 5.42. The molecule has 2 nitrogen and oxygen atoms in total. The van der Waals surface area contributed by atoms with E-state index in [2.05, 4.69) is 26.2 Å². The van der Waals surface area contributed by atoms with E-state index in [0.717, 1.165) is 12.2 Å². The van der Waals surface area contributed by atoms with Crippen molar-refractivity contribution in [1.29, 1.82) is 5.26 Å². The molecule has 1 aliphatic heterocycles. The number of epoxide rings is 1. The molecule has 0 spiro atoms. The maximum Gasteiger partial charge on any atom is 0.133 e. The predicted molar refractivity (Wildman–Crippen MR) is 50.8 cm³/mol. The van der Waals surface area contributed by atoms with Gasteiger partial charge in [0.05, 0.1) is 12.2 Å². The molecule has 0 aromatic rings. The molecule has 1 fully saturated rings. The minimum Gasteiger partial charge on any atom is -0.369 e. The highest BCUT2D eigenvalue weighted by molar-refractivity contribution is 8.03. The molecule has 0 aromatic carbocycles. The van der Waals surface area contributed by atoms with E-state index in [4.69, 9.17) is 10.00 Å². The Morgan fingerprint density at radius 2 is 2.08 bits per heavy atom. The molecule has 0 saturated carbocycles. The van der Waals surface area contributed by atoms with Gasteiger partial charge in [-0.1, -0.05) is 20.8 Å². The second-order valence-electron chi connectivity index (χ2n) is 4.38. The Bertz CT molecular complexity index is 192. The first kappa shape index (κ1) is 9.88. The fourth-order valence-corrected chi connectivity index (χ4v) is 1.76. The van der Waals surface area contributed by atoms with Crippen LogP contribution in [0, 0.1) is 16.1 Å². The molecule has 0 bridgehead atoms. The van der Waals surface area contributed by atoms with Crippen molar-refractivity contribution < 1.29 is 4.74 Å². The van der Waals surface area contributed by atoms with E-state index in [1.807, 2.05) is 0 Å². The fourth-order valence-electron chi connectivity index (χ4n) is 1.23. The predicted octanol–water partition coefficient (Wildman–Crippen LogP) is 2.40. The molecule has 0 amide bonds. The van der Waals surface area contributed by atoms with Gasteiger partial charge in [0, 0.05) is 5.75 Å². The molecule has 1 aliphatic rings. The van der Waals surface area contributed by atoms with Gasteiger partial charge in [-0.3, -0.25) is 0 Å². The second-order valence-corrected chi connectivity index (χ2v) is 5.18. The van der Waals surface area contributed by atoms with Crippen LogP contribution < -0.4 is 0 Å². The highest BCUT2D eigenvalue weighted by atomic mass is 32.2. The SMILES string of the molecule is CC(C)(C)CC1OC1CSC#N. The summed E-state index contributed by atoms with van der Waals surface area (Å²) in [7, 11) is 0. The molecular formula is C9H15NOS. The Morgan fingerprint density at radius 3 is 2.58 bits per heavy atom. The van der Waals surface area contributed by atoms with Crippen molar-refractivity contribution in [2.45, 2.75) is 39.4 Å². The van der Waals surface area contributed by atoms with Gasteiger partial charge in [-0.05, 0) is 23.6 Å². The number of nitriles is 1. The van der Waals surface area contributed by atoms with Crippen molar-refractivity contribution in [3.8, 4) is 5.40 Å². The molecule has 1 heterocycles. The van der Waals surface area contributed by atoms with Gasteiger partial charge in [0.2, 0.25) is 0 Å². The van der Waals surface area contributed by atoms with Crippen LogP contribution in [0.2, 0.25) is 0 Å². The largest absolute Gasteiger partial charge is 0.369 e. The van der Waals surface area contributed by atoms with Crippen LogP contribution in [0.3, 0.4) is 0 Å². The number of hydrogen-bond acceptors (Lipinski definition) is 3. The third kappa shape index (κ3) is 3.46. The van der Waals surface area contributed by atoms with E-state index >= 15 is 0 Å². The van der Waals surface area contributed by atoms with Crippen molar-refractivity contribution in [3.63, 3.8) is 0 Å². The van der Waals surface area contributed by atoms with Gasteiger partial charge in [-0.2, -0.15) is 5.26 Å². The molecule has 1 saturated heterocycles. The highest BCUT2D eigenvalue weighted by Gasteiger charge is 2.40. The van der Waals surface area contributed by atoms with Crippen molar-refractivity contribution >= 4 is 11.8 Å². The van der Waals surface area contributed by atoms with E-state index in [1.54, 1.807) is 0 Å². The molecule has 0 aliphatic carbocycles. The maximum atomic E-state index is 8.32. The van der Waals surface area contributed by atoms with Crippen molar-refractivity contribution in [3.05, 3.63) is 0 Å². The number of thioether (sulfide) groups is 1. The number of hydrogen-bond donors (Lipinski definition) is 0. The van der Waals surface area contributed by atoms with Gasteiger partial charge in [-0.25, -0.2) is 0 Å². The van der Waals surface area contributed by atoms with Gasteiger partial charge in [0.1, 0.15) is 5.40 Å². The lowest BCUT2D eigenvalue weighted by atomic mass is 9.90. The molecule has 3 heteroatoms. The van der Waals surface area contributed by atoms with E-state index in [0.29, 0.717) is 17.6 Å². The molecule has 68 valence electrons. The molecule has 2 unspecified atom stereocenters. The Hall–Kier alpha value is -0.200. The lowest BCUT2D eigenvalue weighted by Gasteiger charge is -2.15. The summed E-state index contributed by atoms with van der Waals surface area (Å²) in [4.78, 5) is 0. The Kier molecular flexibility index (Phi) is 3.03. The average molecular weight is 185 g/mol. The van der Waals surface area contributed by atoms with E-state index in [-0.39, 0.29) is 0 Å². The van der Waals surface area contributed by atoms with Gasteiger partial charge in [0.15, 0.2) is 0 Å². The number of nitrogens with zero attached hydrogens (tertiary/aromatic N) is 1. The third-order valence-electron chi connectivity index (χ3n) is 1.81. The normalized spacial score (nSPS) is 28.2. The number of rotatable bonds is 3. The summed E-state index contributed by atoms with van der Waals surface area (Å²) in [6.45, 7) is 6.63. The summed E-state index contributed by atoms with van der Waals surface area (Å²) in [6, 6.07) is 0. The van der Waals surface area contributed by atoms with Gasteiger partial charge < -0.3 is 4.74 Å². The standard InChI is InChI=1S/C9H15NOS/c1-9(2,3)4-7-8(11-7)5-12-6-10/h7-8H,4-5H2,1-3H3. The van der Waals surface area contributed by atoms with E-state index in [9.17, 15) is 0 Å².